The predicted molar refractivity (Wildman–Crippen MR) is 97.9 cm³/mol. The molecule has 0 saturated carbocycles. The van der Waals surface area contributed by atoms with Crippen LogP contribution in [0, 0.1) is 11.8 Å². The van der Waals surface area contributed by atoms with Crippen LogP contribution in [0.2, 0.25) is 0 Å². The molecule has 4 atom stereocenters. The molecule has 1 aliphatic rings. The molecule has 2 aromatic carbocycles. The van der Waals surface area contributed by atoms with Crippen LogP contribution in [-0.4, -0.2) is 20.0 Å². The van der Waals surface area contributed by atoms with Crippen LogP contribution in [0.1, 0.15) is 37.1 Å². The Balaban J connectivity index is 2.03. The van der Waals surface area contributed by atoms with Gasteiger partial charge in [-0.1, -0.05) is 50.2 Å². The minimum absolute atomic E-state index is 0.102. The molecule has 0 aromatic heterocycles. The molecule has 0 unspecified atom stereocenters. The number of carbonyl (C=O) groups excluding carboxylic acids is 1. The lowest BCUT2D eigenvalue weighted by atomic mass is 9.76. The Morgan fingerprint density at radius 2 is 1.16 bits per heavy atom. The zero-order valence-corrected chi connectivity index (χ0v) is 15.2. The summed E-state index contributed by atoms with van der Waals surface area (Å²) in [7, 11) is 3.32. The monoisotopic (exact) mass is 339 g/mol. The summed E-state index contributed by atoms with van der Waals surface area (Å²) in [5.41, 5.74) is 2.02. The number of methoxy groups -OCH3 is 2. The van der Waals surface area contributed by atoms with E-state index in [-0.39, 0.29) is 29.7 Å². The second kappa shape index (κ2) is 7.28. The quantitative estimate of drug-likeness (QED) is 0.917. The lowest BCUT2D eigenvalue weighted by molar-refractivity contribution is -0.130. The van der Waals surface area contributed by atoms with Crippen LogP contribution in [0.3, 0.4) is 0 Å². The van der Waals surface area contributed by atoms with Crippen molar-refractivity contribution in [3.63, 3.8) is 0 Å². The Kier molecular flexibility index (Phi) is 5.09. The highest BCUT2D eigenvalue weighted by molar-refractivity contribution is 5.85. The minimum Gasteiger partial charge on any atom is -0.496 e. The van der Waals surface area contributed by atoms with Gasteiger partial charge in [0.15, 0.2) is 0 Å². The van der Waals surface area contributed by atoms with E-state index in [2.05, 4.69) is 5.32 Å². The molecule has 4 heteroatoms. The maximum Gasteiger partial charge on any atom is 0.142 e. The number of rotatable bonds is 4. The number of para-hydroxylation sites is 2. The Morgan fingerprint density at radius 1 is 0.760 bits per heavy atom. The van der Waals surface area contributed by atoms with Crippen molar-refractivity contribution >= 4 is 5.78 Å². The van der Waals surface area contributed by atoms with E-state index in [0.717, 1.165) is 22.6 Å². The summed E-state index contributed by atoms with van der Waals surface area (Å²) in [5.74, 6) is 1.60. The van der Waals surface area contributed by atoms with Crippen molar-refractivity contribution in [1.29, 1.82) is 0 Å². The molecule has 0 amide bonds. The molecule has 4 nitrogen and oxygen atoms in total. The van der Waals surface area contributed by atoms with Crippen LogP contribution in [0.5, 0.6) is 11.5 Å². The van der Waals surface area contributed by atoms with Crippen LogP contribution in [0.4, 0.5) is 0 Å². The highest BCUT2D eigenvalue weighted by atomic mass is 16.5. The van der Waals surface area contributed by atoms with Crippen LogP contribution in [-0.2, 0) is 4.79 Å². The van der Waals surface area contributed by atoms with E-state index in [0.29, 0.717) is 0 Å². The third-order valence-electron chi connectivity index (χ3n) is 5.20. The Labute approximate surface area is 149 Å². The van der Waals surface area contributed by atoms with E-state index < -0.39 is 0 Å². The summed E-state index contributed by atoms with van der Waals surface area (Å²) in [6.07, 6.45) is 0. The molecule has 0 spiro atoms. The van der Waals surface area contributed by atoms with Crippen LogP contribution in [0.25, 0.3) is 0 Å². The molecule has 25 heavy (non-hydrogen) atoms. The van der Waals surface area contributed by atoms with Crippen LogP contribution in [0.15, 0.2) is 48.5 Å². The summed E-state index contributed by atoms with van der Waals surface area (Å²) < 4.78 is 11.0. The maximum atomic E-state index is 13.0. The number of ether oxygens (including phenoxy) is 2. The molecule has 2 aromatic rings. The largest absolute Gasteiger partial charge is 0.496 e. The van der Waals surface area contributed by atoms with E-state index in [1.165, 1.54) is 0 Å². The second-order valence-electron chi connectivity index (χ2n) is 6.59. The predicted octanol–water partition coefficient (Wildman–Crippen LogP) is 3.93. The lowest BCUT2D eigenvalue weighted by Gasteiger charge is -2.40. The average molecular weight is 339 g/mol. The molecule has 132 valence electrons. The number of nitrogens with one attached hydrogen (secondary N) is 1. The zero-order chi connectivity index (χ0) is 18.0. The average Bonchev–Trinajstić information content (AvgIpc) is 2.66. The number of ketones is 1. The van der Waals surface area contributed by atoms with Gasteiger partial charge in [-0.15, -0.1) is 0 Å². The van der Waals surface area contributed by atoms with Gasteiger partial charge in [0.05, 0.1) is 14.2 Å². The van der Waals surface area contributed by atoms with Gasteiger partial charge >= 0.3 is 0 Å². The Morgan fingerprint density at radius 3 is 1.56 bits per heavy atom. The summed E-state index contributed by atoms with van der Waals surface area (Å²) in [6.45, 7) is 3.97. The number of benzene rings is 2. The van der Waals surface area contributed by atoms with Gasteiger partial charge in [-0.25, -0.2) is 0 Å². The summed E-state index contributed by atoms with van der Waals surface area (Å²) in [5, 5.41) is 3.68. The highest BCUT2D eigenvalue weighted by Crippen LogP contribution is 2.42. The fourth-order valence-electron chi connectivity index (χ4n) is 3.79. The SMILES string of the molecule is COc1ccccc1[C@H]1N[C@@H](c2ccccc2OC)[C@H](C)C(=O)[C@@H]1C. The van der Waals surface area contributed by atoms with Crippen molar-refractivity contribution in [2.75, 3.05) is 14.2 Å². The van der Waals surface area contributed by atoms with Crippen molar-refractivity contribution in [3.05, 3.63) is 59.7 Å². The number of piperidine rings is 1. The van der Waals surface area contributed by atoms with E-state index >= 15 is 0 Å². The minimum atomic E-state index is -0.128. The van der Waals surface area contributed by atoms with Crippen molar-refractivity contribution in [3.8, 4) is 11.5 Å². The highest BCUT2D eigenvalue weighted by Gasteiger charge is 2.41. The molecule has 1 saturated heterocycles. The summed E-state index contributed by atoms with van der Waals surface area (Å²) in [4.78, 5) is 13.0. The van der Waals surface area contributed by atoms with Gasteiger partial charge in [0, 0.05) is 35.0 Å². The summed E-state index contributed by atoms with van der Waals surface area (Å²) >= 11 is 0. The Bertz CT molecular complexity index is 697. The van der Waals surface area contributed by atoms with E-state index in [1.54, 1.807) is 14.2 Å². The lowest BCUT2D eigenvalue weighted by Crippen LogP contribution is -2.46. The Hall–Kier alpha value is -2.33. The van der Waals surface area contributed by atoms with Crippen molar-refractivity contribution < 1.29 is 14.3 Å². The first-order valence-electron chi connectivity index (χ1n) is 8.64. The molecular weight excluding hydrogens is 314 g/mol. The fourth-order valence-corrected chi connectivity index (χ4v) is 3.79. The molecule has 0 radical (unpaired) electrons. The first-order chi connectivity index (χ1) is 12.1. The van der Waals surface area contributed by atoms with Gasteiger partial charge in [0.2, 0.25) is 0 Å². The van der Waals surface area contributed by atoms with E-state index in [9.17, 15) is 4.79 Å². The van der Waals surface area contributed by atoms with Crippen molar-refractivity contribution in [1.82, 2.24) is 5.32 Å². The summed E-state index contributed by atoms with van der Waals surface area (Å²) in [6, 6.07) is 15.6. The van der Waals surface area contributed by atoms with Gasteiger partial charge < -0.3 is 14.8 Å². The topological polar surface area (TPSA) is 47.6 Å². The van der Waals surface area contributed by atoms with Gasteiger partial charge in [-0.3, -0.25) is 4.79 Å². The van der Waals surface area contributed by atoms with E-state index in [4.69, 9.17) is 9.47 Å². The second-order valence-corrected chi connectivity index (χ2v) is 6.59. The first-order valence-corrected chi connectivity index (χ1v) is 8.64. The van der Waals surface area contributed by atoms with Crippen molar-refractivity contribution in [2.45, 2.75) is 25.9 Å². The molecule has 0 bridgehead atoms. The number of hydrogen-bond donors (Lipinski definition) is 1. The van der Waals surface area contributed by atoms with Gasteiger partial charge in [0.25, 0.3) is 0 Å². The number of Topliss-reactive ketones (excluding diaryl/α,β-unsaturated/α-hetero) is 1. The maximum absolute atomic E-state index is 13.0. The van der Waals surface area contributed by atoms with Gasteiger partial charge in [-0.2, -0.15) is 0 Å². The number of carbonyl (C=O) groups is 1. The van der Waals surface area contributed by atoms with Gasteiger partial charge in [0.1, 0.15) is 17.3 Å². The molecule has 1 N–H and O–H groups in total. The normalized spacial score (nSPS) is 26.3. The molecule has 1 heterocycles. The van der Waals surface area contributed by atoms with Crippen molar-refractivity contribution in [2.24, 2.45) is 11.8 Å². The molecular formula is C21H25NO3. The fraction of sp³-hybridized carbons (Fsp3) is 0.381. The molecule has 0 aliphatic carbocycles. The third-order valence-corrected chi connectivity index (χ3v) is 5.20. The molecule has 3 rings (SSSR count). The van der Waals surface area contributed by atoms with Crippen LogP contribution < -0.4 is 14.8 Å². The number of hydrogen-bond acceptors (Lipinski definition) is 4. The van der Waals surface area contributed by atoms with E-state index in [1.807, 2.05) is 62.4 Å². The standard InChI is InChI=1S/C21H25NO3/c1-13-19(15-9-5-7-11-17(15)24-3)22-20(14(2)21(13)23)16-10-6-8-12-18(16)25-4/h5-14,19-20,22H,1-4H3/t13-,14+,19+,20-. The molecule has 1 fully saturated rings. The zero-order valence-electron chi connectivity index (χ0n) is 15.2. The molecule has 1 aliphatic heterocycles. The first kappa shape index (κ1) is 17.5. The van der Waals surface area contributed by atoms with Gasteiger partial charge in [-0.05, 0) is 12.1 Å². The smallest absolute Gasteiger partial charge is 0.142 e. The van der Waals surface area contributed by atoms with Crippen LogP contribution >= 0.6 is 0 Å². The third kappa shape index (κ3) is 3.14.